The van der Waals surface area contributed by atoms with Gasteiger partial charge in [-0.15, -0.1) is 22.7 Å². The molecule has 0 N–H and O–H groups in total. The summed E-state index contributed by atoms with van der Waals surface area (Å²) < 4.78 is 95.3. The number of fused-ring (bicyclic) bond motifs is 2. The lowest BCUT2D eigenvalue weighted by atomic mass is 9.91. The van der Waals surface area contributed by atoms with Gasteiger partial charge in [0.2, 0.25) is 0 Å². The smallest absolute Gasteiger partial charge is 0.380 e. The van der Waals surface area contributed by atoms with Gasteiger partial charge in [0.05, 0.1) is 42.3 Å². The molecule has 2 aromatic heterocycles. The molecule has 0 bridgehead atoms. The van der Waals surface area contributed by atoms with Crippen LogP contribution in [-0.4, -0.2) is 60.1 Å². The largest absolute Gasteiger partial charge is 1.00 e. The monoisotopic (exact) mass is 838 g/mol. The van der Waals surface area contributed by atoms with E-state index in [9.17, 15) is 0 Å². The maximum atomic E-state index is 15.7. The lowest BCUT2D eigenvalue weighted by Gasteiger charge is -2.26. The zero-order chi connectivity index (χ0) is 29.1. The van der Waals surface area contributed by atoms with Gasteiger partial charge in [-0.05, 0) is 38.1 Å². The summed E-state index contributed by atoms with van der Waals surface area (Å²) >= 11 is 2.28. The summed E-state index contributed by atoms with van der Waals surface area (Å²) in [5, 5.41) is 0.528. The number of rotatable bonds is 4. The molecule has 0 spiro atoms. The van der Waals surface area contributed by atoms with Crippen molar-refractivity contribution in [3.63, 3.8) is 0 Å². The lowest BCUT2D eigenvalue weighted by Crippen LogP contribution is -3.00. The molecular formula is C29H30F6I2N2S2. The Bertz CT molecular complexity index is 1570. The number of hydrogen-bond donors (Lipinski definition) is 0. The van der Waals surface area contributed by atoms with Crippen LogP contribution in [0.15, 0.2) is 36.4 Å². The molecule has 0 saturated carbocycles. The van der Waals surface area contributed by atoms with Crippen molar-refractivity contribution in [3.8, 4) is 0 Å². The number of hydrogen-bond acceptors (Lipinski definition) is 2. The fourth-order valence-corrected chi connectivity index (χ4v) is 7.47. The van der Waals surface area contributed by atoms with Crippen LogP contribution in [0.5, 0.6) is 0 Å². The third kappa shape index (κ3) is 5.05. The molecule has 1 aliphatic rings. The van der Waals surface area contributed by atoms with E-state index in [0.717, 1.165) is 34.0 Å². The number of halogens is 8. The molecule has 0 saturated heterocycles. The molecule has 0 unspecified atom stereocenters. The van der Waals surface area contributed by atoms with Crippen molar-refractivity contribution in [2.24, 2.45) is 0 Å². The van der Waals surface area contributed by atoms with Crippen LogP contribution >= 0.6 is 22.7 Å². The van der Waals surface area contributed by atoms with Crippen LogP contribution in [0.4, 0.5) is 37.7 Å². The summed E-state index contributed by atoms with van der Waals surface area (Å²) in [4.78, 5) is 0.572. The molecule has 2 nitrogen and oxygen atoms in total. The van der Waals surface area contributed by atoms with Gasteiger partial charge in [-0.1, -0.05) is 0 Å². The zero-order valence-corrected chi connectivity index (χ0v) is 29.6. The van der Waals surface area contributed by atoms with Crippen molar-refractivity contribution in [2.75, 3.05) is 42.3 Å². The standard InChI is InChI=1S/C29H30F6N2S2.2HI/c1-15-23(19-11-9-17(36(3,4)5)13-21(19)38-15)25-26(28(32,33)29(34,35)27(25,30)31)24-16(2)39-22-14-18(37(6,7)8)10-12-20(22)24;;/h9-14H,1-8H3;2*1H/q+2;;/p-2. The van der Waals surface area contributed by atoms with Crippen molar-refractivity contribution in [3.05, 3.63) is 57.3 Å². The van der Waals surface area contributed by atoms with Crippen molar-refractivity contribution < 1.29 is 74.3 Å². The van der Waals surface area contributed by atoms with Crippen LogP contribution in [0, 0.1) is 13.8 Å². The minimum Gasteiger partial charge on any atom is -1.00 e. The fraction of sp³-hybridized carbons (Fsp3) is 0.379. The average molecular weight is 839 g/mol. The van der Waals surface area contributed by atoms with Crippen LogP contribution in [0.25, 0.3) is 31.3 Å². The summed E-state index contributed by atoms with van der Waals surface area (Å²) in [5.74, 6) is -15.8. The first-order valence-corrected chi connectivity index (χ1v) is 13.9. The molecule has 0 fully saturated rings. The minimum absolute atomic E-state index is 0. The van der Waals surface area contributed by atoms with Gasteiger partial charge in [-0.3, -0.25) is 8.97 Å². The molecule has 1 aliphatic carbocycles. The van der Waals surface area contributed by atoms with E-state index in [1.54, 1.807) is 36.4 Å². The number of allylic oxidation sites excluding steroid dienone is 2. The highest BCUT2D eigenvalue weighted by Crippen LogP contribution is 2.67. The predicted molar refractivity (Wildman–Crippen MR) is 154 cm³/mol. The molecule has 12 heteroatoms. The Morgan fingerprint density at radius 1 is 0.561 bits per heavy atom. The Morgan fingerprint density at radius 3 is 1.17 bits per heavy atom. The van der Waals surface area contributed by atoms with Gasteiger partial charge in [0, 0.05) is 64.3 Å². The molecule has 5 rings (SSSR count). The van der Waals surface area contributed by atoms with Crippen LogP contribution in [0.2, 0.25) is 0 Å². The van der Waals surface area contributed by atoms with Gasteiger partial charge < -0.3 is 48.0 Å². The first kappa shape index (κ1) is 34.5. The maximum absolute atomic E-state index is 15.7. The Morgan fingerprint density at radius 2 is 0.878 bits per heavy atom. The van der Waals surface area contributed by atoms with Crippen LogP contribution in [0.3, 0.4) is 0 Å². The number of nitrogens with zero attached hydrogens (tertiary/aromatic N) is 2. The van der Waals surface area contributed by atoms with Gasteiger partial charge in [-0.25, -0.2) is 0 Å². The van der Waals surface area contributed by atoms with Gasteiger partial charge in [0.15, 0.2) is 0 Å². The van der Waals surface area contributed by atoms with Gasteiger partial charge in [0.1, 0.15) is 11.4 Å². The lowest BCUT2D eigenvalue weighted by molar-refractivity contribution is -0.254. The molecule has 4 aromatic rings. The fourth-order valence-electron chi connectivity index (χ4n) is 5.26. The first-order chi connectivity index (χ1) is 17.7. The van der Waals surface area contributed by atoms with E-state index in [1.807, 2.05) is 42.3 Å². The number of thiophene rings is 2. The first-order valence-electron chi connectivity index (χ1n) is 12.3. The molecule has 0 radical (unpaired) electrons. The second kappa shape index (κ2) is 10.6. The Balaban J connectivity index is 0.00000231. The van der Waals surface area contributed by atoms with Crippen molar-refractivity contribution in [1.29, 1.82) is 0 Å². The molecule has 2 heterocycles. The predicted octanol–water partition coefficient (Wildman–Crippen LogP) is 2.96. The van der Waals surface area contributed by atoms with E-state index in [1.165, 1.54) is 13.8 Å². The van der Waals surface area contributed by atoms with Crippen molar-refractivity contribution >= 4 is 65.4 Å². The average Bonchev–Trinajstić information content (AvgIpc) is 3.32. The highest BCUT2D eigenvalue weighted by Gasteiger charge is 2.80. The molecule has 0 aliphatic heterocycles. The van der Waals surface area contributed by atoms with Gasteiger partial charge in [-0.2, -0.15) is 26.3 Å². The summed E-state index contributed by atoms with van der Waals surface area (Å²) in [6.45, 7) is 3.04. The molecular weight excluding hydrogens is 808 g/mol. The van der Waals surface area contributed by atoms with E-state index in [4.69, 9.17) is 0 Å². The normalized spacial score (nSPS) is 18.1. The van der Waals surface area contributed by atoms with Crippen LogP contribution in [0.1, 0.15) is 20.9 Å². The van der Waals surface area contributed by atoms with Crippen LogP contribution in [-0.2, 0) is 0 Å². The highest BCUT2D eigenvalue weighted by atomic mass is 127. The second-order valence-electron chi connectivity index (χ2n) is 11.9. The zero-order valence-electron chi connectivity index (χ0n) is 23.7. The second-order valence-corrected chi connectivity index (χ2v) is 14.4. The van der Waals surface area contributed by atoms with E-state index in [-0.39, 0.29) is 79.6 Å². The maximum Gasteiger partial charge on any atom is 0.380 e. The van der Waals surface area contributed by atoms with E-state index < -0.39 is 28.9 Å². The van der Waals surface area contributed by atoms with Gasteiger partial charge in [0.25, 0.3) is 0 Å². The topological polar surface area (TPSA) is 0 Å². The molecule has 0 amide bonds. The Labute approximate surface area is 277 Å². The number of quaternary nitrogens is 2. The molecule has 2 aromatic carbocycles. The van der Waals surface area contributed by atoms with Crippen molar-refractivity contribution in [2.45, 2.75) is 31.6 Å². The third-order valence-corrected chi connectivity index (χ3v) is 9.55. The molecule has 41 heavy (non-hydrogen) atoms. The summed E-state index contributed by atoms with van der Waals surface area (Å²) in [7, 11) is 11.6. The summed E-state index contributed by atoms with van der Waals surface area (Å²) in [6.07, 6.45) is 0. The summed E-state index contributed by atoms with van der Waals surface area (Å²) in [5.41, 5.74) is -1.30. The number of aryl methyl sites for hydroxylation is 2. The van der Waals surface area contributed by atoms with E-state index in [2.05, 4.69) is 0 Å². The quantitative estimate of drug-likeness (QED) is 0.169. The van der Waals surface area contributed by atoms with E-state index in [0.29, 0.717) is 18.4 Å². The van der Waals surface area contributed by atoms with E-state index >= 15 is 26.3 Å². The SMILES string of the molecule is Cc1sc2cc([N+](C)(C)C)ccc2c1C1=C(c2c(C)sc3cc([N+](C)(C)C)ccc23)C(F)(F)C(F)(F)C1(F)F.[I-].[I-]. The molecule has 0 atom stereocenters. The third-order valence-electron chi connectivity index (χ3n) is 7.42. The highest BCUT2D eigenvalue weighted by molar-refractivity contribution is 7.19. The Hall–Kier alpha value is -0.940. The van der Waals surface area contributed by atoms with Crippen LogP contribution < -0.4 is 56.9 Å². The van der Waals surface area contributed by atoms with Crippen molar-refractivity contribution in [1.82, 2.24) is 8.97 Å². The number of alkyl halides is 6. The molecule has 224 valence electrons. The summed E-state index contributed by atoms with van der Waals surface area (Å²) in [6, 6.07) is 10.2. The Kier molecular flexibility index (Phi) is 8.93. The minimum atomic E-state index is -5.60. The van der Waals surface area contributed by atoms with Gasteiger partial charge >= 0.3 is 17.8 Å². The number of benzene rings is 2.